The van der Waals surface area contributed by atoms with Crippen molar-refractivity contribution in [2.45, 2.75) is 37.9 Å². The summed E-state index contributed by atoms with van der Waals surface area (Å²) in [4.78, 5) is 37.7. The summed E-state index contributed by atoms with van der Waals surface area (Å²) >= 11 is 0. The molecule has 7 nitrogen and oxygen atoms in total. The number of carbonyl (C=O) groups excluding carboxylic acids is 2. The van der Waals surface area contributed by atoms with Crippen LogP contribution < -0.4 is 10.2 Å². The van der Waals surface area contributed by atoms with Crippen molar-refractivity contribution in [1.29, 1.82) is 0 Å². The van der Waals surface area contributed by atoms with Gasteiger partial charge in [0.25, 0.3) is 0 Å². The van der Waals surface area contributed by atoms with Crippen molar-refractivity contribution in [3.63, 3.8) is 0 Å². The molecule has 2 aliphatic rings. The van der Waals surface area contributed by atoms with Gasteiger partial charge in [-0.15, -0.1) is 0 Å². The first-order valence-corrected chi connectivity index (χ1v) is 13.1. The molecule has 0 spiro atoms. The van der Waals surface area contributed by atoms with E-state index in [1.165, 1.54) is 0 Å². The second-order valence-electron chi connectivity index (χ2n) is 10.3. The lowest BCUT2D eigenvalue weighted by atomic mass is 9.83. The van der Waals surface area contributed by atoms with Gasteiger partial charge in [-0.3, -0.25) is 9.59 Å². The molecule has 3 aromatic rings. The van der Waals surface area contributed by atoms with E-state index in [9.17, 15) is 9.59 Å². The van der Waals surface area contributed by atoms with Crippen molar-refractivity contribution in [2.24, 2.45) is 5.92 Å². The molecule has 0 radical (unpaired) electrons. The summed E-state index contributed by atoms with van der Waals surface area (Å²) in [5.74, 6) is 0.138. The molecular weight excluding hydrogens is 462 g/mol. The molecule has 0 saturated carbocycles. The van der Waals surface area contributed by atoms with Gasteiger partial charge in [0, 0.05) is 32.1 Å². The zero-order valence-corrected chi connectivity index (χ0v) is 21.6. The van der Waals surface area contributed by atoms with Crippen molar-refractivity contribution < 1.29 is 9.59 Å². The number of likely N-dealkylation sites (tertiary alicyclic amines) is 1. The zero-order chi connectivity index (χ0) is 25.8. The fourth-order valence-electron chi connectivity index (χ4n) is 5.52. The molecule has 3 atom stereocenters. The Morgan fingerprint density at radius 2 is 1.73 bits per heavy atom. The fraction of sp³-hybridized carbons (Fsp3) is 0.367. The number of amides is 2. The van der Waals surface area contributed by atoms with E-state index >= 15 is 0 Å². The minimum absolute atomic E-state index is 0.0749. The van der Waals surface area contributed by atoms with Crippen LogP contribution in [0.1, 0.15) is 36.4 Å². The van der Waals surface area contributed by atoms with E-state index < -0.39 is 0 Å². The second kappa shape index (κ2) is 11.1. The lowest BCUT2D eigenvalue weighted by Crippen LogP contribution is -2.46. The third-order valence-electron chi connectivity index (χ3n) is 7.64. The van der Waals surface area contributed by atoms with Crippen LogP contribution in [0.5, 0.6) is 0 Å². The highest BCUT2D eigenvalue weighted by atomic mass is 16.2. The van der Waals surface area contributed by atoms with Gasteiger partial charge in [-0.1, -0.05) is 60.7 Å². The Balaban J connectivity index is 1.33. The number of piperidine rings is 1. The van der Waals surface area contributed by atoms with Gasteiger partial charge >= 0.3 is 0 Å². The lowest BCUT2D eigenvalue weighted by Gasteiger charge is -2.41. The predicted molar refractivity (Wildman–Crippen MR) is 146 cm³/mol. The maximum Gasteiger partial charge on any atom is 0.231 e. The minimum Gasteiger partial charge on any atom is -0.369 e. The highest BCUT2D eigenvalue weighted by Crippen LogP contribution is 2.38. The number of nitrogens with zero attached hydrogens (tertiary/aromatic N) is 4. The molecule has 2 amide bonds. The molecule has 7 heteroatoms. The molecule has 2 aliphatic heterocycles. The first kappa shape index (κ1) is 25.0. The smallest absolute Gasteiger partial charge is 0.231 e. The molecular formula is C30H35N5O2. The maximum absolute atomic E-state index is 13.6. The van der Waals surface area contributed by atoms with Crippen LogP contribution in [0.15, 0.2) is 79.0 Å². The van der Waals surface area contributed by atoms with E-state index in [4.69, 9.17) is 0 Å². The van der Waals surface area contributed by atoms with Crippen LogP contribution in [0.2, 0.25) is 0 Å². The largest absolute Gasteiger partial charge is 0.369 e. The van der Waals surface area contributed by atoms with Crippen molar-refractivity contribution >= 4 is 23.3 Å². The fourth-order valence-corrected chi connectivity index (χ4v) is 5.52. The monoisotopic (exact) mass is 497 g/mol. The minimum atomic E-state index is -0.371. The molecule has 192 valence electrons. The average Bonchev–Trinajstić information content (AvgIpc) is 3.42. The molecule has 1 N–H and O–H groups in total. The number of pyridine rings is 1. The van der Waals surface area contributed by atoms with E-state index in [1.807, 2.05) is 83.9 Å². The predicted octanol–water partition coefficient (Wildman–Crippen LogP) is 4.34. The Labute approximate surface area is 219 Å². The molecule has 1 aromatic heterocycles. The van der Waals surface area contributed by atoms with Crippen LogP contribution in [-0.4, -0.2) is 59.8 Å². The van der Waals surface area contributed by atoms with Gasteiger partial charge in [0.1, 0.15) is 5.82 Å². The zero-order valence-electron chi connectivity index (χ0n) is 21.6. The molecule has 2 aromatic carbocycles. The summed E-state index contributed by atoms with van der Waals surface area (Å²) in [7, 11) is 4.24. The number of aromatic nitrogens is 1. The van der Waals surface area contributed by atoms with Crippen LogP contribution in [0.25, 0.3) is 0 Å². The topological polar surface area (TPSA) is 68.8 Å². The van der Waals surface area contributed by atoms with Crippen molar-refractivity contribution in [3.8, 4) is 0 Å². The van der Waals surface area contributed by atoms with Gasteiger partial charge in [0.15, 0.2) is 0 Å². The SMILES string of the molecule is CN(C)C1CCN(c2ccc(NC(=O)C3CCC(=O)N(Cc4ccccc4)C3c3ccccc3)nc2)C1. The van der Waals surface area contributed by atoms with Crippen molar-refractivity contribution in [2.75, 3.05) is 37.4 Å². The first-order valence-electron chi connectivity index (χ1n) is 13.1. The number of nitrogens with one attached hydrogen (secondary N) is 1. The molecule has 3 unspecified atom stereocenters. The molecule has 37 heavy (non-hydrogen) atoms. The number of hydrogen-bond donors (Lipinski definition) is 1. The number of anilines is 2. The van der Waals surface area contributed by atoms with Gasteiger partial charge in [0.05, 0.1) is 23.8 Å². The number of hydrogen-bond acceptors (Lipinski definition) is 5. The third-order valence-corrected chi connectivity index (χ3v) is 7.64. The number of likely N-dealkylation sites (N-methyl/N-ethyl adjacent to an activating group) is 1. The molecule has 3 heterocycles. The summed E-state index contributed by atoms with van der Waals surface area (Å²) in [6.07, 6.45) is 3.83. The highest BCUT2D eigenvalue weighted by molar-refractivity contribution is 5.94. The Morgan fingerprint density at radius 3 is 2.38 bits per heavy atom. The van der Waals surface area contributed by atoms with E-state index in [0.29, 0.717) is 31.2 Å². The van der Waals surface area contributed by atoms with Crippen LogP contribution in [0.4, 0.5) is 11.5 Å². The average molecular weight is 498 g/mol. The number of carbonyl (C=O) groups is 2. The van der Waals surface area contributed by atoms with Crippen LogP contribution in [0, 0.1) is 5.92 Å². The summed E-state index contributed by atoms with van der Waals surface area (Å²) in [5, 5.41) is 3.04. The molecule has 5 rings (SSSR count). The standard InChI is InChI=1S/C30H35N5O2/c1-33(2)25-17-18-34(21-25)24-13-15-27(31-19-24)32-30(37)26-14-16-28(36)35(20-22-9-5-3-6-10-22)29(26)23-11-7-4-8-12-23/h3-13,15,19,25-26,29H,14,16-18,20-21H2,1-2H3,(H,31,32,37). The van der Waals surface area contributed by atoms with E-state index in [0.717, 1.165) is 36.3 Å². The van der Waals surface area contributed by atoms with Gasteiger partial charge < -0.3 is 20.0 Å². The Kier molecular flexibility index (Phi) is 7.51. The van der Waals surface area contributed by atoms with E-state index in [-0.39, 0.29) is 23.8 Å². The van der Waals surface area contributed by atoms with E-state index in [2.05, 4.69) is 34.2 Å². The third kappa shape index (κ3) is 5.67. The molecule has 0 bridgehead atoms. The van der Waals surface area contributed by atoms with Crippen molar-refractivity contribution in [3.05, 3.63) is 90.1 Å². The van der Waals surface area contributed by atoms with Crippen molar-refractivity contribution in [1.82, 2.24) is 14.8 Å². The van der Waals surface area contributed by atoms with Crippen LogP contribution in [-0.2, 0) is 16.1 Å². The molecule has 2 saturated heterocycles. The summed E-state index contributed by atoms with van der Waals surface area (Å²) in [6.45, 7) is 2.45. The Morgan fingerprint density at radius 1 is 1.00 bits per heavy atom. The van der Waals surface area contributed by atoms with E-state index in [1.54, 1.807) is 0 Å². The van der Waals surface area contributed by atoms with Crippen LogP contribution in [0.3, 0.4) is 0 Å². The Hall–Kier alpha value is -3.71. The summed E-state index contributed by atoms with van der Waals surface area (Å²) in [5.41, 5.74) is 3.09. The molecule has 2 fully saturated rings. The summed E-state index contributed by atoms with van der Waals surface area (Å²) in [6, 6.07) is 24.0. The lowest BCUT2D eigenvalue weighted by molar-refractivity contribution is -0.142. The van der Waals surface area contributed by atoms with Gasteiger partial charge in [0.2, 0.25) is 11.8 Å². The first-order chi connectivity index (χ1) is 18.0. The highest BCUT2D eigenvalue weighted by Gasteiger charge is 2.40. The maximum atomic E-state index is 13.6. The van der Waals surface area contributed by atoms with Gasteiger partial charge in [-0.25, -0.2) is 4.98 Å². The van der Waals surface area contributed by atoms with Crippen LogP contribution >= 0.6 is 0 Å². The molecule has 0 aliphatic carbocycles. The number of benzene rings is 2. The Bertz CT molecular complexity index is 1200. The quantitative estimate of drug-likeness (QED) is 0.526. The normalized spacial score (nSPS) is 21.9. The van der Waals surface area contributed by atoms with Gasteiger partial charge in [-0.05, 0) is 50.2 Å². The van der Waals surface area contributed by atoms with Gasteiger partial charge in [-0.2, -0.15) is 0 Å². The summed E-state index contributed by atoms with van der Waals surface area (Å²) < 4.78 is 0. The second-order valence-corrected chi connectivity index (χ2v) is 10.3. The number of rotatable bonds is 7.